The number of anilines is 1. The third kappa shape index (κ3) is 3.22. The average Bonchev–Trinajstić information content (AvgIpc) is 2.77. The van der Waals surface area contributed by atoms with Gasteiger partial charge in [-0.05, 0) is 43.4 Å². The second-order valence-corrected chi connectivity index (χ2v) is 5.22. The van der Waals surface area contributed by atoms with Gasteiger partial charge in [0.15, 0.2) is 0 Å². The summed E-state index contributed by atoms with van der Waals surface area (Å²) < 4.78 is 0. The van der Waals surface area contributed by atoms with E-state index in [2.05, 4.69) is 5.32 Å². The first-order chi connectivity index (χ1) is 8.16. The van der Waals surface area contributed by atoms with Crippen molar-refractivity contribution in [3.05, 3.63) is 28.8 Å². The molecule has 1 N–H and O–H groups in total. The van der Waals surface area contributed by atoms with Gasteiger partial charge >= 0.3 is 0 Å². The van der Waals surface area contributed by atoms with Gasteiger partial charge in [0.2, 0.25) is 5.91 Å². The standard InChI is InChI=1S/C14H18ClNO/c1-10-12(15)7-4-8-13(10)16-14(17)9-11-5-2-3-6-11/h4,7-8,11H,2-3,5-6,9H2,1H3,(H,16,17). The van der Waals surface area contributed by atoms with E-state index in [0.717, 1.165) is 11.3 Å². The summed E-state index contributed by atoms with van der Waals surface area (Å²) in [5.74, 6) is 0.691. The number of benzene rings is 1. The highest BCUT2D eigenvalue weighted by Gasteiger charge is 2.18. The number of nitrogens with one attached hydrogen (secondary N) is 1. The summed E-state index contributed by atoms with van der Waals surface area (Å²) in [6, 6.07) is 5.60. The van der Waals surface area contributed by atoms with Crippen molar-refractivity contribution < 1.29 is 4.79 Å². The maximum absolute atomic E-state index is 11.9. The highest BCUT2D eigenvalue weighted by atomic mass is 35.5. The molecule has 0 spiro atoms. The van der Waals surface area contributed by atoms with E-state index in [4.69, 9.17) is 11.6 Å². The van der Waals surface area contributed by atoms with Crippen LogP contribution in [0.4, 0.5) is 5.69 Å². The molecule has 2 nitrogen and oxygen atoms in total. The Balaban J connectivity index is 1.95. The lowest BCUT2D eigenvalue weighted by molar-refractivity contribution is -0.117. The molecular weight excluding hydrogens is 234 g/mol. The molecule has 1 amide bonds. The molecular formula is C14H18ClNO. The topological polar surface area (TPSA) is 29.1 Å². The number of rotatable bonds is 3. The van der Waals surface area contributed by atoms with E-state index in [1.165, 1.54) is 25.7 Å². The summed E-state index contributed by atoms with van der Waals surface area (Å²) in [7, 11) is 0. The lowest BCUT2D eigenvalue weighted by Gasteiger charge is -2.12. The number of hydrogen-bond acceptors (Lipinski definition) is 1. The second-order valence-electron chi connectivity index (χ2n) is 4.82. The van der Waals surface area contributed by atoms with E-state index in [1.54, 1.807) is 0 Å². The average molecular weight is 252 g/mol. The zero-order chi connectivity index (χ0) is 12.3. The Labute approximate surface area is 107 Å². The Hall–Kier alpha value is -1.02. The molecule has 0 heterocycles. The summed E-state index contributed by atoms with van der Waals surface area (Å²) in [6.07, 6.45) is 5.58. The van der Waals surface area contributed by atoms with Crippen molar-refractivity contribution in [2.75, 3.05) is 5.32 Å². The molecule has 0 aliphatic heterocycles. The van der Waals surface area contributed by atoms with Crippen LogP contribution in [0.3, 0.4) is 0 Å². The van der Waals surface area contributed by atoms with Crippen LogP contribution in [0.25, 0.3) is 0 Å². The van der Waals surface area contributed by atoms with E-state index < -0.39 is 0 Å². The quantitative estimate of drug-likeness (QED) is 0.858. The van der Waals surface area contributed by atoms with E-state index in [1.807, 2.05) is 25.1 Å². The monoisotopic (exact) mass is 251 g/mol. The number of amides is 1. The first kappa shape index (κ1) is 12.4. The van der Waals surface area contributed by atoms with Crippen molar-refractivity contribution in [2.24, 2.45) is 5.92 Å². The minimum atomic E-state index is 0.113. The van der Waals surface area contributed by atoms with Crippen LogP contribution in [0, 0.1) is 12.8 Å². The third-order valence-corrected chi connectivity index (χ3v) is 3.90. The molecule has 0 aromatic heterocycles. The molecule has 2 rings (SSSR count). The molecule has 1 aromatic rings. The van der Waals surface area contributed by atoms with Crippen molar-refractivity contribution in [2.45, 2.75) is 39.0 Å². The van der Waals surface area contributed by atoms with Gasteiger partial charge < -0.3 is 5.32 Å². The highest BCUT2D eigenvalue weighted by molar-refractivity contribution is 6.31. The van der Waals surface area contributed by atoms with Gasteiger partial charge in [-0.3, -0.25) is 4.79 Å². The zero-order valence-corrected chi connectivity index (χ0v) is 10.9. The van der Waals surface area contributed by atoms with Crippen molar-refractivity contribution in [1.82, 2.24) is 0 Å². The molecule has 92 valence electrons. The molecule has 0 saturated heterocycles. The van der Waals surface area contributed by atoms with Crippen molar-refractivity contribution in [3.8, 4) is 0 Å². The largest absolute Gasteiger partial charge is 0.326 e. The lowest BCUT2D eigenvalue weighted by Crippen LogP contribution is -2.15. The van der Waals surface area contributed by atoms with Crippen molar-refractivity contribution in [3.63, 3.8) is 0 Å². The SMILES string of the molecule is Cc1c(Cl)cccc1NC(=O)CC1CCCC1. The van der Waals surface area contributed by atoms with Crippen LogP contribution >= 0.6 is 11.6 Å². The van der Waals surface area contributed by atoms with Gasteiger partial charge in [-0.15, -0.1) is 0 Å². The minimum absolute atomic E-state index is 0.113. The maximum atomic E-state index is 11.9. The van der Waals surface area contributed by atoms with E-state index in [9.17, 15) is 4.79 Å². The summed E-state index contributed by atoms with van der Waals surface area (Å²) in [5.41, 5.74) is 1.77. The smallest absolute Gasteiger partial charge is 0.224 e. The molecule has 1 aromatic carbocycles. The molecule has 1 aliphatic rings. The molecule has 1 fully saturated rings. The Morgan fingerprint density at radius 2 is 2.12 bits per heavy atom. The van der Waals surface area contributed by atoms with E-state index in [-0.39, 0.29) is 5.91 Å². The van der Waals surface area contributed by atoms with E-state index in [0.29, 0.717) is 17.4 Å². The Bertz CT molecular complexity index is 411. The number of hydrogen-bond donors (Lipinski definition) is 1. The zero-order valence-electron chi connectivity index (χ0n) is 10.1. The van der Waals surface area contributed by atoms with E-state index >= 15 is 0 Å². The summed E-state index contributed by atoms with van der Waals surface area (Å²) in [6.45, 7) is 1.92. The second kappa shape index (κ2) is 5.54. The van der Waals surface area contributed by atoms with Crippen LogP contribution in [-0.2, 0) is 4.79 Å². The molecule has 0 atom stereocenters. The fourth-order valence-electron chi connectivity index (χ4n) is 2.42. The molecule has 1 saturated carbocycles. The summed E-state index contributed by atoms with van der Waals surface area (Å²) in [5, 5.41) is 3.65. The predicted octanol–water partition coefficient (Wildman–Crippen LogP) is 4.17. The van der Waals surface area contributed by atoms with Gasteiger partial charge in [-0.1, -0.05) is 30.5 Å². The van der Waals surface area contributed by atoms with Crippen LogP contribution in [0.5, 0.6) is 0 Å². The Morgan fingerprint density at radius 3 is 2.82 bits per heavy atom. The van der Waals surface area contributed by atoms with Gasteiger partial charge in [-0.25, -0.2) is 0 Å². The van der Waals surface area contributed by atoms with Gasteiger partial charge in [0, 0.05) is 17.1 Å². The van der Waals surface area contributed by atoms with Crippen LogP contribution in [-0.4, -0.2) is 5.91 Å². The Morgan fingerprint density at radius 1 is 1.41 bits per heavy atom. The number of halogens is 1. The van der Waals surface area contributed by atoms with Crippen LogP contribution in [0.1, 0.15) is 37.7 Å². The predicted molar refractivity (Wildman–Crippen MR) is 71.4 cm³/mol. The Kier molecular flexibility index (Phi) is 4.06. The number of carbonyl (C=O) groups is 1. The third-order valence-electron chi connectivity index (χ3n) is 3.49. The van der Waals surface area contributed by atoms with Gasteiger partial charge in [-0.2, -0.15) is 0 Å². The molecule has 0 radical (unpaired) electrons. The van der Waals surface area contributed by atoms with Crippen LogP contribution in [0.2, 0.25) is 5.02 Å². The fourth-order valence-corrected chi connectivity index (χ4v) is 2.60. The van der Waals surface area contributed by atoms with Gasteiger partial charge in [0.25, 0.3) is 0 Å². The first-order valence-corrected chi connectivity index (χ1v) is 6.59. The van der Waals surface area contributed by atoms with Crippen LogP contribution in [0.15, 0.2) is 18.2 Å². The van der Waals surface area contributed by atoms with Crippen LogP contribution < -0.4 is 5.32 Å². The maximum Gasteiger partial charge on any atom is 0.224 e. The number of carbonyl (C=O) groups excluding carboxylic acids is 1. The lowest BCUT2D eigenvalue weighted by atomic mass is 10.0. The molecule has 0 unspecified atom stereocenters. The van der Waals surface area contributed by atoms with Crippen molar-refractivity contribution in [1.29, 1.82) is 0 Å². The van der Waals surface area contributed by atoms with Gasteiger partial charge in [0.1, 0.15) is 0 Å². The fraction of sp³-hybridized carbons (Fsp3) is 0.500. The molecule has 0 bridgehead atoms. The highest BCUT2D eigenvalue weighted by Crippen LogP contribution is 2.28. The van der Waals surface area contributed by atoms with Crippen molar-refractivity contribution >= 4 is 23.2 Å². The molecule has 17 heavy (non-hydrogen) atoms. The minimum Gasteiger partial charge on any atom is -0.326 e. The summed E-state index contributed by atoms with van der Waals surface area (Å²) in [4.78, 5) is 11.9. The normalized spacial score (nSPS) is 16.1. The van der Waals surface area contributed by atoms with Gasteiger partial charge in [0.05, 0.1) is 0 Å². The molecule has 3 heteroatoms. The molecule has 1 aliphatic carbocycles. The first-order valence-electron chi connectivity index (χ1n) is 6.22. The summed E-state index contributed by atoms with van der Waals surface area (Å²) >= 11 is 6.02.